The van der Waals surface area contributed by atoms with Gasteiger partial charge in [0.15, 0.2) is 0 Å². The second-order valence-electron chi connectivity index (χ2n) is 2.09. The first-order valence-corrected chi connectivity index (χ1v) is 3.35. The molecule has 0 bridgehead atoms. The molecular formula is C6H16BK. The molecule has 0 fully saturated rings. The van der Waals surface area contributed by atoms with Crippen LogP contribution in [0.25, 0.3) is 0 Å². The second kappa shape index (κ2) is 8.70. The van der Waals surface area contributed by atoms with E-state index in [-0.39, 0.29) is 51.4 Å². The van der Waals surface area contributed by atoms with Crippen LogP contribution >= 0.6 is 0 Å². The van der Waals surface area contributed by atoms with Crippen LogP contribution in [0, 0.1) is 0 Å². The van der Waals surface area contributed by atoms with Crippen LogP contribution in [0.15, 0.2) is 0 Å². The van der Waals surface area contributed by atoms with Crippen molar-refractivity contribution in [2.45, 2.75) is 39.7 Å². The van der Waals surface area contributed by atoms with E-state index in [0.29, 0.717) is 0 Å². The van der Waals surface area contributed by atoms with E-state index in [2.05, 4.69) is 20.8 Å². The normalized spacial score (nSPS) is 7.88. The van der Waals surface area contributed by atoms with Crippen molar-refractivity contribution in [2.75, 3.05) is 0 Å². The van der Waals surface area contributed by atoms with Crippen LogP contribution in [0.4, 0.5) is 0 Å². The molecule has 0 aliphatic rings. The molecule has 44 valence electrons. The Morgan fingerprint density at radius 2 is 1.12 bits per heavy atom. The van der Waals surface area contributed by atoms with E-state index >= 15 is 0 Å². The molecule has 0 unspecified atom stereocenters. The number of hydrogen-bond acceptors (Lipinski definition) is 0. The van der Waals surface area contributed by atoms with Crippen molar-refractivity contribution in [2.24, 2.45) is 0 Å². The van der Waals surface area contributed by atoms with E-state index < -0.39 is 0 Å². The Kier molecular flexibility index (Phi) is 13.5. The first kappa shape index (κ1) is 12.4. The molecule has 8 heavy (non-hydrogen) atoms. The van der Waals surface area contributed by atoms with E-state index in [9.17, 15) is 0 Å². The molecule has 0 aromatic heterocycles. The molecule has 0 nitrogen and oxygen atoms in total. The van der Waals surface area contributed by atoms with Gasteiger partial charge in [0.05, 0.1) is 0 Å². The predicted octanol–water partition coefficient (Wildman–Crippen LogP) is 1.89. The van der Waals surface area contributed by atoms with Crippen molar-refractivity contribution in [1.29, 1.82) is 0 Å². The molecule has 0 aliphatic heterocycles. The first-order chi connectivity index (χ1) is 3.35. The minimum atomic E-state index is 0. The standard InChI is InChI=1S/C6H15B.K.H/c1-4-7(5-2)6-3;;/h4-6H2,1-3H3;;. The summed E-state index contributed by atoms with van der Waals surface area (Å²) in [6, 6.07) is 0. The predicted molar refractivity (Wildman–Crippen MR) is 44.3 cm³/mol. The third-order valence-electron chi connectivity index (χ3n) is 1.73. The van der Waals surface area contributed by atoms with Crippen molar-refractivity contribution < 1.29 is 0 Å². The van der Waals surface area contributed by atoms with Gasteiger partial charge in [-0.15, -0.1) is 0 Å². The van der Waals surface area contributed by atoms with Gasteiger partial charge in [0, 0.05) is 0 Å². The topological polar surface area (TPSA) is 0 Å². The van der Waals surface area contributed by atoms with E-state index in [0.717, 1.165) is 6.71 Å². The summed E-state index contributed by atoms with van der Waals surface area (Å²) in [4.78, 5) is 0. The Morgan fingerprint density at radius 3 is 1.12 bits per heavy atom. The van der Waals surface area contributed by atoms with Gasteiger partial charge in [-0.25, -0.2) is 0 Å². The molecular weight excluding hydrogens is 122 g/mol. The molecule has 0 heterocycles. The summed E-state index contributed by atoms with van der Waals surface area (Å²) < 4.78 is 0. The molecule has 0 saturated carbocycles. The first-order valence-electron chi connectivity index (χ1n) is 3.35. The van der Waals surface area contributed by atoms with Crippen molar-refractivity contribution in [3.8, 4) is 0 Å². The molecule has 0 amide bonds. The van der Waals surface area contributed by atoms with E-state index in [1.165, 1.54) is 19.0 Å². The second-order valence-corrected chi connectivity index (χ2v) is 2.09. The van der Waals surface area contributed by atoms with Crippen LogP contribution in [0.5, 0.6) is 0 Å². The van der Waals surface area contributed by atoms with Crippen LogP contribution in [0.3, 0.4) is 0 Å². The molecule has 0 atom stereocenters. The Balaban J connectivity index is 0. The van der Waals surface area contributed by atoms with Crippen molar-refractivity contribution in [3.05, 3.63) is 0 Å². The Morgan fingerprint density at radius 1 is 0.875 bits per heavy atom. The van der Waals surface area contributed by atoms with Gasteiger partial charge in [0.25, 0.3) is 0 Å². The molecule has 0 N–H and O–H groups in total. The zero-order valence-electron chi connectivity index (χ0n) is 5.70. The van der Waals surface area contributed by atoms with Crippen molar-refractivity contribution >= 4 is 58.1 Å². The fourth-order valence-electron chi connectivity index (χ4n) is 0.866. The van der Waals surface area contributed by atoms with Crippen LogP contribution in [-0.4, -0.2) is 58.1 Å². The maximum atomic E-state index is 2.26. The summed E-state index contributed by atoms with van der Waals surface area (Å²) in [7, 11) is 0. The Labute approximate surface area is 96.3 Å². The van der Waals surface area contributed by atoms with Crippen LogP contribution in [-0.2, 0) is 0 Å². The van der Waals surface area contributed by atoms with Gasteiger partial charge in [0.1, 0.15) is 6.71 Å². The number of hydrogen-bond donors (Lipinski definition) is 0. The third-order valence-corrected chi connectivity index (χ3v) is 1.73. The van der Waals surface area contributed by atoms with Crippen LogP contribution < -0.4 is 0 Å². The average molecular weight is 138 g/mol. The number of rotatable bonds is 3. The monoisotopic (exact) mass is 138 g/mol. The fourth-order valence-corrected chi connectivity index (χ4v) is 0.866. The molecule has 0 radical (unpaired) electrons. The maximum absolute atomic E-state index is 2.26. The average Bonchev–Trinajstić information content (AvgIpc) is 1.72. The van der Waals surface area contributed by atoms with E-state index in [4.69, 9.17) is 0 Å². The summed E-state index contributed by atoms with van der Waals surface area (Å²) in [5, 5.41) is 0. The van der Waals surface area contributed by atoms with Gasteiger partial charge in [0.2, 0.25) is 0 Å². The van der Waals surface area contributed by atoms with Gasteiger partial charge in [-0.1, -0.05) is 39.7 Å². The van der Waals surface area contributed by atoms with Crippen LogP contribution in [0.2, 0.25) is 19.0 Å². The summed E-state index contributed by atoms with van der Waals surface area (Å²) >= 11 is 0. The minimum absolute atomic E-state index is 0. The molecule has 0 spiro atoms. The SMILES string of the molecule is CCB(CC)CC.[KH]. The Hall–Kier alpha value is 1.70. The zero-order chi connectivity index (χ0) is 5.70. The van der Waals surface area contributed by atoms with Gasteiger partial charge in [-0.05, 0) is 0 Å². The molecule has 0 aromatic rings. The summed E-state index contributed by atoms with van der Waals surface area (Å²) in [5.74, 6) is 0. The van der Waals surface area contributed by atoms with E-state index in [1.807, 2.05) is 0 Å². The van der Waals surface area contributed by atoms with Gasteiger partial charge < -0.3 is 0 Å². The molecule has 2 heteroatoms. The van der Waals surface area contributed by atoms with Gasteiger partial charge in [-0.3, -0.25) is 0 Å². The van der Waals surface area contributed by atoms with Crippen LogP contribution in [0.1, 0.15) is 20.8 Å². The van der Waals surface area contributed by atoms with E-state index in [1.54, 1.807) is 0 Å². The molecule has 0 saturated heterocycles. The summed E-state index contributed by atoms with van der Waals surface area (Å²) in [5.41, 5.74) is 0. The molecule has 0 aromatic carbocycles. The Bertz CT molecular complexity index is 30.0. The molecule has 0 aliphatic carbocycles. The zero-order valence-corrected chi connectivity index (χ0v) is 5.70. The summed E-state index contributed by atoms with van der Waals surface area (Å²) in [6.45, 7) is 7.77. The van der Waals surface area contributed by atoms with Gasteiger partial charge >= 0.3 is 51.4 Å². The quantitative estimate of drug-likeness (QED) is 0.522. The molecule has 0 rings (SSSR count). The third kappa shape index (κ3) is 5.83. The fraction of sp³-hybridized carbons (Fsp3) is 1.00. The van der Waals surface area contributed by atoms with Gasteiger partial charge in [-0.2, -0.15) is 0 Å². The van der Waals surface area contributed by atoms with Crippen molar-refractivity contribution in [1.82, 2.24) is 0 Å². The summed E-state index contributed by atoms with van der Waals surface area (Å²) in [6.07, 6.45) is 4.06. The van der Waals surface area contributed by atoms with Crippen molar-refractivity contribution in [3.63, 3.8) is 0 Å².